The fraction of sp³-hybridized carbons (Fsp3) is 0.364. The van der Waals surface area contributed by atoms with Gasteiger partial charge in [0.25, 0.3) is 0 Å². The van der Waals surface area contributed by atoms with Crippen molar-refractivity contribution in [3.63, 3.8) is 0 Å². The Balaban J connectivity index is 2.00. The molecule has 1 unspecified atom stereocenters. The minimum Gasteiger partial charge on any atom is -0.438 e. The molecule has 1 aromatic carbocycles. The van der Waals surface area contributed by atoms with E-state index in [1.807, 2.05) is 0 Å². The second-order valence-corrected chi connectivity index (χ2v) is 4.57. The van der Waals surface area contributed by atoms with Gasteiger partial charge in [0.1, 0.15) is 11.3 Å². The van der Waals surface area contributed by atoms with Gasteiger partial charge in [0.05, 0.1) is 24.3 Å². The molecule has 3 rings (SSSR count). The molecule has 0 aliphatic carbocycles. The lowest BCUT2D eigenvalue weighted by Crippen LogP contribution is -2.22. The van der Waals surface area contributed by atoms with Crippen molar-refractivity contribution in [1.29, 1.82) is 0 Å². The molecular formula is C11H9BrFNO3. The van der Waals surface area contributed by atoms with E-state index in [4.69, 9.17) is 13.9 Å². The zero-order valence-corrected chi connectivity index (χ0v) is 10.4. The van der Waals surface area contributed by atoms with Crippen LogP contribution >= 0.6 is 15.9 Å². The largest absolute Gasteiger partial charge is 0.438 e. The lowest BCUT2D eigenvalue weighted by molar-refractivity contribution is -0.0991. The summed E-state index contributed by atoms with van der Waals surface area (Å²) in [5.41, 5.74) is 1.01. The first-order chi connectivity index (χ1) is 8.24. The predicted molar refractivity (Wildman–Crippen MR) is 61.2 cm³/mol. The van der Waals surface area contributed by atoms with Gasteiger partial charge in [0, 0.05) is 6.07 Å². The van der Waals surface area contributed by atoms with E-state index in [9.17, 15) is 4.39 Å². The molecule has 90 valence electrons. The van der Waals surface area contributed by atoms with Crippen LogP contribution in [0.4, 0.5) is 4.39 Å². The number of benzene rings is 1. The number of fused-ring (bicyclic) bond motifs is 1. The van der Waals surface area contributed by atoms with Crippen LogP contribution in [0.3, 0.4) is 0 Å². The molecule has 4 nitrogen and oxygen atoms in total. The van der Waals surface area contributed by atoms with E-state index in [1.54, 1.807) is 6.07 Å². The number of oxazole rings is 1. The van der Waals surface area contributed by atoms with Crippen molar-refractivity contribution in [3.05, 3.63) is 28.3 Å². The average molecular weight is 302 g/mol. The van der Waals surface area contributed by atoms with Crippen LogP contribution in [-0.2, 0) is 9.47 Å². The molecule has 0 amide bonds. The molecule has 1 aromatic heterocycles. The lowest BCUT2D eigenvalue weighted by atomic mass is 10.3. The van der Waals surface area contributed by atoms with Crippen LogP contribution in [0.1, 0.15) is 12.0 Å². The Kier molecular flexibility index (Phi) is 2.85. The average Bonchev–Trinajstić information content (AvgIpc) is 2.74. The Labute approximate surface area is 105 Å². The van der Waals surface area contributed by atoms with Gasteiger partial charge in [-0.1, -0.05) is 0 Å². The van der Waals surface area contributed by atoms with Crippen molar-refractivity contribution in [2.45, 2.75) is 6.10 Å². The second kappa shape index (κ2) is 4.36. The molecule has 0 N–H and O–H groups in total. The summed E-state index contributed by atoms with van der Waals surface area (Å²) in [6, 6.07) is 2.89. The minimum absolute atomic E-state index is 0.307. The maximum absolute atomic E-state index is 13.3. The zero-order valence-electron chi connectivity index (χ0n) is 8.78. The van der Waals surface area contributed by atoms with Gasteiger partial charge in [0.2, 0.25) is 5.89 Å². The van der Waals surface area contributed by atoms with E-state index in [-0.39, 0.29) is 11.9 Å². The molecule has 0 spiro atoms. The van der Waals surface area contributed by atoms with Crippen LogP contribution in [0.2, 0.25) is 0 Å². The van der Waals surface area contributed by atoms with Gasteiger partial charge >= 0.3 is 0 Å². The fourth-order valence-corrected chi connectivity index (χ4v) is 2.04. The molecule has 6 heteroatoms. The second-order valence-electron chi connectivity index (χ2n) is 3.72. The molecular weight excluding hydrogens is 293 g/mol. The van der Waals surface area contributed by atoms with Crippen molar-refractivity contribution in [2.75, 3.05) is 19.8 Å². The number of nitrogens with zero attached hydrogens (tertiary/aromatic N) is 1. The highest BCUT2D eigenvalue weighted by atomic mass is 79.9. The van der Waals surface area contributed by atoms with Gasteiger partial charge in [-0.15, -0.1) is 0 Å². The van der Waals surface area contributed by atoms with Crippen molar-refractivity contribution < 1.29 is 18.3 Å². The van der Waals surface area contributed by atoms with Gasteiger partial charge in [-0.25, -0.2) is 9.37 Å². The summed E-state index contributed by atoms with van der Waals surface area (Å²) in [5.74, 6) is 0.0539. The van der Waals surface area contributed by atoms with E-state index in [2.05, 4.69) is 20.9 Å². The Morgan fingerprint density at radius 3 is 3.00 bits per heavy atom. The van der Waals surface area contributed by atoms with Crippen LogP contribution in [0.5, 0.6) is 0 Å². The van der Waals surface area contributed by atoms with Crippen LogP contribution in [0, 0.1) is 5.82 Å². The predicted octanol–water partition coefficient (Wildman–Crippen LogP) is 2.82. The molecule has 1 fully saturated rings. The number of hydrogen-bond donors (Lipinski definition) is 0. The van der Waals surface area contributed by atoms with E-state index < -0.39 is 0 Å². The summed E-state index contributed by atoms with van der Waals surface area (Å²) < 4.78 is 29.9. The van der Waals surface area contributed by atoms with Gasteiger partial charge in [-0.3, -0.25) is 0 Å². The number of rotatable bonds is 1. The van der Waals surface area contributed by atoms with Crippen molar-refractivity contribution >= 4 is 27.0 Å². The first-order valence-corrected chi connectivity index (χ1v) is 5.98. The molecule has 1 saturated heterocycles. The molecule has 0 bridgehead atoms. The summed E-state index contributed by atoms with van der Waals surface area (Å²) >= 11 is 3.11. The Morgan fingerprint density at radius 1 is 1.35 bits per heavy atom. The quantitative estimate of drug-likeness (QED) is 0.812. The third kappa shape index (κ3) is 2.08. The van der Waals surface area contributed by atoms with Gasteiger partial charge < -0.3 is 13.9 Å². The molecule has 0 saturated carbocycles. The topological polar surface area (TPSA) is 44.5 Å². The first-order valence-electron chi connectivity index (χ1n) is 5.19. The Morgan fingerprint density at radius 2 is 2.24 bits per heavy atom. The third-order valence-corrected chi connectivity index (χ3v) is 3.15. The molecule has 17 heavy (non-hydrogen) atoms. The summed E-state index contributed by atoms with van der Waals surface area (Å²) in [5, 5.41) is 0. The highest BCUT2D eigenvalue weighted by Gasteiger charge is 2.22. The fourth-order valence-electron chi connectivity index (χ4n) is 1.71. The number of aromatic nitrogens is 1. The van der Waals surface area contributed by atoms with E-state index in [0.29, 0.717) is 41.3 Å². The standard InChI is InChI=1S/C11H9BrFNO3/c12-6-3-8-9(4-7(6)13)17-11(14-8)10-5-15-1-2-16-10/h3-4,10H,1-2,5H2. The smallest absolute Gasteiger partial charge is 0.227 e. The molecule has 1 aliphatic rings. The number of halogens is 2. The Bertz CT molecular complexity index is 512. The normalized spacial score (nSPS) is 20.9. The zero-order chi connectivity index (χ0) is 11.8. The Hall–Kier alpha value is -0.980. The van der Waals surface area contributed by atoms with E-state index in [1.165, 1.54) is 6.07 Å². The molecule has 2 heterocycles. The van der Waals surface area contributed by atoms with E-state index in [0.717, 1.165) is 0 Å². The molecule has 1 aliphatic heterocycles. The highest BCUT2D eigenvalue weighted by Crippen LogP contribution is 2.28. The lowest BCUT2D eigenvalue weighted by Gasteiger charge is -2.19. The van der Waals surface area contributed by atoms with Crippen molar-refractivity contribution in [2.24, 2.45) is 0 Å². The van der Waals surface area contributed by atoms with Crippen LogP contribution in [-0.4, -0.2) is 24.8 Å². The third-order valence-electron chi connectivity index (χ3n) is 2.54. The summed E-state index contributed by atoms with van der Waals surface area (Å²) in [4.78, 5) is 4.27. The summed E-state index contributed by atoms with van der Waals surface area (Å²) in [7, 11) is 0. The molecule has 2 aromatic rings. The molecule has 0 radical (unpaired) electrons. The highest BCUT2D eigenvalue weighted by molar-refractivity contribution is 9.10. The minimum atomic E-state index is -0.374. The van der Waals surface area contributed by atoms with E-state index >= 15 is 0 Å². The number of ether oxygens (including phenoxy) is 2. The van der Waals surface area contributed by atoms with Crippen LogP contribution in [0.25, 0.3) is 11.1 Å². The van der Waals surface area contributed by atoms with Gasteiger partial charge in [0.15, 0.2) is 11.7 Å². The first kappa shape index (κ1) is 11.1. The van der Waals surface area contributed by atoms with Crippen molar-refractivity contribution in [3.8, 4) is 0 Å². The maximum Gasteiger partial charge on any atom is 0.227 e. The van der Waals surface area contributed by atoms with Crippen LogP contribution in [0.15, 0.2) is 21.0 Å². The van der Waals surface area contributed by atoms with Gasteiger partial charge in [-0.05, 0) is 22.0 Å². The number of hydrogen-bond acceptors (Lipinski definition) is 4. The van der Waals surface area contributed by atoms with Gasteiger partial charge in [-0.2, -0.15) is 0 Å². The SMILES string of the molecule is Fc1cc2oc(C3COCCO3)nc2cc1Br. The molecule has 1 atom stereocenters. The monoisotopic (exact) mass is 301 g/mol. The summed E-state index contributed by atoms with van der Waals surface area (Å²) in [6.07, 6.45) is -0.307. The summed E-state index contributed by atoms with van der Waals surface area (Å²) in [6.45, 7) is 1.51. The van der Waals surface area contributed by atoms with Crippen molar-refractivity contribution in [1.82, 2.24) is 4.98 Å². The maximum atomic E-state index is 13.3. The van der Waals surface area contributed by atoms with Crippen LogP contribution < -0.4 is 0 Å².